The van der Waals surface area contributed by atoms with Crippen LogP contribution >= 0.6 is 0 Å². The van der Waals surface area contributed by atoms with Crippen molar-refractivity contribution in [2.45, 2.75) is 40.2 Å². The fourth-order valence-electron chi connectivity index (χ4n) is 1.76. The van der Waals surface area contributed by atoms with Crippen molar-refractivity contribution in [2.24, 2.45) is 11.8 Å². The van der Waals surface area contributed by atoms with Crippen LogP contribution in [0.3, 0.4) is 0 Å². The van der Waals surface area contributed by atoms with Crippen molar-refractivity contribution in [1.82, 2.24) is 10.2 Å². The number of nitrogens with zero attached hydrogens (tertiary/aromatic N) is 1. The maximum absolute atomic E-state index is 11.6. The Morgan fingerprint density at radius 1 is 1.47 bits per heavy atom. The average Bonchev–Trinajstić information content (AvgIpc) is 2.21. The molecule has 4 nitrogen and oxygen atoms in total. The van der Waals surface area contributed by atoms with Gasteiger partial charge in [-0.2, -0.15) is 0 Å². The summed E-state index contributed by atoms with van der Waals surface area (Å²) in [4.78, 5) is 24.6. The van der Waals surface area contributed by atoms with Crippen LogP contribution in [0.15, 0.2) is 0 Å². The second-order valence-corrected chi connectivity index (χ2v) is 4.47. The number of carbonyl (C=O) groups is 2. The zero-order valence-electron chi connectivity index (χ0n) is 9.91. The molecule has 1 N–H and O–H groups in total. The molecule has 0 aliphatic carbocycles. The summed E-state index contributed by atoms with van der Waals surface area (Å²) >= 11 is 0. The van der Waals surface area contributed by atoms with Crippen LogP contribution in [0.2, 0.25) is 0 Å². The lowest BCUT2D eigenvalue weighted by molar-refractivity contribution is -0.125. The molecule has 1 fully saturated rings. The van der Waals surface area contributed by atoms with Crippen LogP contribution in [0.4, 0.5) is 4.79 Å². The van der Waals surface area contributed by atoms with E-state index >= 15 is 0 Å². The normalized spacial score (nSPS) is 26.1. The summed E-state index contributed by atoms with van der Waals surface area (Å²) in [6.45, 7) is 8.65. The van der Waals surface area contributed by atoms with Crippen molar-refractivity contribution in [2.75, 3.05) is 6.54 Å². The summed E-state index contributed by atoms with van der Waals surface area (Å²) in [7, 11) is 0. The predicted octanol–water partition coefficient (Wildman–Crippen LogP) is 1.61. The monoisotopic (exact) mass is 212 g/mol. The molecule has 3 atom stereocenters. The molecule has 0 radical (unpaired) electrons. The molecule has 0 aromatic heterocycles. The summed E-state index contributed by atoms with van der Waals surface area (Å²) in [5, 5.41) is 2.39. The molecule has 4 heteroatoms. The van der Waals surface area contributed by atoms with E-state index < -0.39 is 0 Å². The number of imide groups is 1. The first-order valence-corrected chi connectivity index (χ1v) is 5.58. The minimum atomic E-state index is -0.245. The largest absolute Gasteiger partial charge is 0.324 e. The van der Waals surface area contributed by atoms with E-state index in [0.29, 0.717) is 12.5 Å². The lowest BCUT2D eigenvalue weighted by Gasteiger charge is -2.37. The Morgan fingerprint density at radius 3 is 2.60 bits per heavy atom. The molecule has 1 heterocycles. The van der Waals surface area contributed by atoms with Gasteiger partial charge in [0.25, 0.3) is 0 Å². The maximum atomic E-state index is 11.6. The average molecular weight is 212 g/mol. The van der Waals surface area contributed by atoms with E-state index in [9.17, 15) is 9.59 Å². The first-order chi connectivity index (χ1) is 6.97. The SMILES string of the molecule is CCC(C)C(C)N1CC(C)C(=O)NC1=O. The quantitative estimate of drug-likeness (QED) is 0.772. The number of amides is 3. The van der Waals surface area contributed by atoms with E-state index in [-0.39, 0.29) is 23.9 Å². The van der Waals surface area contributed by atoms with E-state index in [4.69, 9.17) is 0 Å². The minimum Gasteiger partial charge on any atom is -0.321 e. The van der Waals surface area contributed by atoms with E-state index in [1.54, 1.807) is 4.90 Å². The van der Waals surface area contributed by atoms with E-state index in [1.165, 1.54) is 0 Å². The number of hydrogen-bond donors (Lipinski definition) is 1. The smallest absolute Gasteiger partial charge is 0.321 e. The molecule has 3 amide bonds. The topological polar surface area (TPSA) is 49.4 Å². The third-order valence-corrected chi connectivity index (χ3v) is 3.37. The summed E-state index contributed by atoms with van der Waals surface area (Å²) in [5.41, 5.74) is 0. The minimum absolute atomic E-state index is 0.103. The van der Waals surface area contributed by atoms with Gasteiger partial charge in [0.1, 0.15) is 0 Å². The van der Waals surface area contributed by atoms with Crippen LogP contribution in [-0.4, -0.2) is 29.4 Å². The Balaban J connectivity index is 2.69. The van der Waals surface area contributed by atoms with Crippen molar-refractivity contribution in [3.8, 4) is 0 Å². The first-order valence-electron chi connectivity index (χ1n) is 5.58. The molecule has 1 saturated heterocycles. The number of carbonyl (C=O) groups excluding carboxylic acids is 2. The van der Waals surface area contributed by atoms with Gasteiger partial charge in [-0.25, -0.2) is 4.79 Å². The van der Waals surface area contributed by atoms with Crippen molar-refractivity contribution in [1.29, 1.82) is 0 Å². The summed E-state index contributed by atoms with van der Waals surface area (Å²) in [6, 6.07) is -0.0588. The highest BCUT2D eigenvalue weighted by atomic mass is 16.2. The molecule has 0 spiro atoms. The highest BCUT2D eigenvalue weighted by Gasteiger charge is 2.33. The molecule has 86 valence electrons. The van der Waals surface area contributed by atoms with Gasteiger partial charge >= 0.3 is 6.03 Å². The summed E-state index contributed by atoms with van der Waals surface area (Å²) < 4.78 is 0. The molecule has 0 aromatic rings. The Hall–Kier alpha value is -1.06. The predicted molar refractivity (Wildman–Crippen MR) is 58.3 cm³/mol. The Morgan fingerprint density at radius 2 is 2.07 bits per heavy atom. The molecule has 1 aliphatic rings. The van der Waals surface area contributed by atoms with E-state index in [2.05, 4.69) is 19.2 Å². The number of rotatable bonds is 3. The van der Waals surface area contributed by atoms with Crippen LogP contribution in [0, 0.1) is 11.8 Å². The van der Waals surface area contributed by atoms with E-state index in [1.807, 2.05) is 13.8 Å². The number of urea groups is 1. The summed E-state index contributed by atoms with van der Waals surface area (Å²) in [5.74, 6) is 0.193. The van der Waals surface area contributed by atoms with Gasteiger partial charge in [0.2, 0.25) is 5.91 Å². The van der Waals surface area contributed by atoms with Crippen LogP contribution in [0.25, 0.3) is 0 Å². The lowest BCUT2D eigenvalue weighted by Crippen LogP contribution is -2.57. The zero-order valence-corrected chi connectivity index (χ0v) is 9.91. The number of hydrogen-bond acceptors (Lipinski definition) is 2. The Labute approximate surface area is 91.0 Å². The third kappa shape index (κ3) is 2.49. The summed E-state index contributed by atoms with van der Waals surface area (Å²) in [6.07, 6.45) is 1.03. The first kappa shape index (κ1) is 12.0. The van der Waals surface area contributed by atoms with Crippen LogP contribution in [-0.2, 0) is 4.79 Å². The second-order valence-electron chi connectivity index (χ2n) is 4.47. The molecule has 15 heavy (non-hydrogen) atoms. The highest BCUT2D eigenvalue weighted by Crippen LogP contribution is 2.18. The molecular weight excluding hydrogens is 192 g/mol. The van der Waals surface area contributed by atoms with Gasteiger partial charge in [0.05, 0.1) is 5.92 Å². The van der Waals surface area contributed by atoms with Gasteiger partial charge in [0.15, 0.2) is 0 Å². The second kappa shape index (κ2) is 4.64. The maximum Gasteiger partial charge on any atom is 0.324 e. The molecule has 0 aromatic carbocycles. The van der Waals surface area contributed by atoms with Gasteiger partial charge in [0, 0.05) is 12.6 Å². The fraction of sp³-hybridized carbons (Fsp3) is 0.818. The highest BCUT2D eigenvalue weighted by molar-refractivity contribution is 5.97. The van der Waals surface area contributed by atoms with Crippen LogP contribution < -0.4 is 5.32 Å². The van der Waals surface area contributed by atoms with E-state index in [0.717, 1.165) is 6.42 Å². The Kier molecular flexibility index (Phi) is 3.72. The lowest BCUT2D eigenvalue weighted by atomic mass is 9.97. The van der Waals surface area contributed by atoms with Crippen LogP contribution in [0.1, 0.15) is 34.1 Å². The molecule has 0 bridgehead atoms. The van der Waals surface area contributed by atoms with Gasteiger partial charge in [-0.1, -0.05) is 27.2 Å². The molecule has 1 aliphatic heterocycles. The van der Waals surface area contributed by atoms with Crippen LogP contribution in [0.5, 0.6) is 0 Å². The van der Waals surface area contributed by atoms with Gasteiger partial charge in [-0.05, 0) is 12.8 Å². The third-order valence-electron chi connectivity index (χ3n) is 3.37. The van der Waals surface area contributed by atoms with Gasteiger partial charge < -0.3 is 4.90 Å². The van der Waals surface area contributed by atoms with Crippen molar-refractivity contribution >= 4 is 11.9 Å². The van der Waals surface area contributed by atoms with Crippen molar-refractivity contribution in [3.63, 3.8) is 0 Å². The zero-order chi connectivity index (χ0) is 11.6. The standard InChI is InChI=1S/C11H20N2O2/c1-5-7(2)9(4)13-6-8(3)10(14)12-11(13)15/h7-9H,5-6H2,1-4H3,(H,12,14,15). The fourth-order valence-corrected chi connectivity index (χ4v) is 1.76. The van der Waals surface area contributed by atoms with Gasteiger partial charge in [-0.3, -0.25) is 10.1 Å². The molecular formula is C11H20N2O2. The Bertz CT molecular complexity index is 265. The molecule has 1 rings (SSSR count). The number of nitrogens with one attached hydrogen (secondary N) is 1. The van der Waals surface area contributed by atoms with Gasteiger partial charge in [-0.15, -0.1) is 0 Å². The molecule has 3 unspecified atom stereocenters. The van der Waals surface area contributed by atoms with Crippen molar-refractivity contribution < 1.29 is 9.59 Å². The molecule has 0 saturated carbocycles. The van der Waals surface area contributed by atoms with Crippen molar-refractivity contribution in [3.05, 3.63) is 0 Å².